The molecule has 7 rings (SSSR count). The van der Waals surface area contributed by atoms with Crippen LogP contribution in [-0.2, 0) is 33.2 Å². The maximum absolute atomic E-state index is 15.6. The number of fused-ring (bicyclic) bond motifs is 1. The summed E-state index contributed by atoms with van der Waals surface area (Å²) >= 11 is 0. The van der Waals surface area contributed by atoms with Crippen LogP contribution in [0.4, 0.5) is 20.2 Å². The van der Waals surface area contributed by atoms with Crippen molar-refractivity contribution in [2.24, 2.45) is 7.05 Å². The van der Waals surface area contributed by atoms with Crippen molar-refractivity contribution in [3.8, 4) is 17.2 Å². The molecule has 4 heterocycles. The van der Waals surface area contributed by atoms with Crippen LogP contribution in [0.5, 0.6) is 11.5 Å². The standard InChI is InChI=1S/C33H33F2N7O5.CH4O3S/c1-39-28(20-40-8-12-45-13-9-40)31(33(44)42(39)24-5-2-22(34)3-6-24)32(43)37-23-4-7-29(25(35)17-23)47-30-16-21-19-36-38-26(21)18-27(30)41-10-14-46-15-11-41;1-5(2,3)4/h2-7,16-19H,8-15,20H2,1H3,(H,36,38)(H,37,43);1H3,(H,2,3,4). The summed E-state index contributed by atoms with van der Waals surface area (Å²) in [4.78, 5) is 31.7. The number of hydrogen-bond donors (Lipinski definition) is 3. The molecule has 2 aliphatic rings. The monoisotopic (exact) mass is 741 g/mol. The predicted octanol–water partition coefficient (Wildman–Crippen LogP) is 3.55. The summed E-state index contributed by atoms with van der Waals surface area (Å²) in [7, 11) is -1.99. The van der Waals surface area contributed by atoms with Gasteiger partial charge in [0.05, 0.1) is 61.5 Å². The first-order valence-corrected chi connectivity index (χ1v) is 18.1. The van der Waals surface area contributed by atoms with Gasteiger partial charge in [-0.2, -0.15) is 13.5 Å². The molecule has 1 amide bonds. The molecule has 276 valence electrons. The van der Waals surface area contributed by atoms with E-state index in [2.05, 4.69) is 25.3 Å². The molecule has 2 fully saturated rings. The topological polar surface area (TPSA) is 173 Å². The zero-order valence-corrected chi connectivity index (χ0v) is 29.2. The summed E-state index contributed by atoms with van der Waals surface area (Å²) in [5.74, 6) is -1.42. The Morgan fingerprint density at radius 3 is 2.29 bits per heavy atom. The molecule has 18 heteroatoms. The number of halogens is 2. The summed E-state index contributed by atoms with van der Waals surface area (Å²) in [5, 5.41) is 10.6. The number of anilines is 2. The quantitative estimate of drug-likeness (QED) is 0.199. The second kappa shape index (κ2) is 15.6. The first-order chi connectivity index (χ1) is 24.9. The van der Waals surface area contributed by atoms with Gasteiger partial charge >= 0.3 is 0 Å². The third-order valence-corrected chi connectivity index (χ3v) is 8.44. The number of rotatable bonds is 8. The lowest BCUT2D eigenvalue weighted by Gasteiger charge is -2.30. The predicted molar refractivity (Wildman–Crippen MR) is 188 cm³/mol. The molecule has 2 aromatic heterocycles. The lowest BCUT2D eigenvalue weighted by Crippen LogP contribution is -2.37. The van der Waals surface area contributed by atoms with Gasteiger partial charge in [-0.25, -0.2) is 13.5 Å². The number of nitrogens with zero attached hydrogens (tertiary/aromatic N) is 5. The molecule has 2 saturated heterocycles. The van der Waals surface area contributed by atoms with Gasteiger partial charge in [0.1, 0.15) is 11.4 Å². The summed E-state index contributed by atoms with van der Waals surface area (Å²) in [6.07, 6.45) is 2.38. The molecule has 15 nitrogen and oxygen atoms in total. The number of aromatic nitrogens is 4. The average Bonchev–Trinajstić information content (AvgIpc) is 3.66. The maximum Gasteiger partial charge on any atom is 0.284 e. The number of H-pyrrole nitrogens is 1. The van der Waals surface area contributed by atoms with E-state index in [0.29, 0.717) is 82.5 Å². The number of morpholine rings is 2. The fourth-order valence-corrected chi connectivity index (χ4v) is 5.97. The molecule has 0 bridgehead atoms. The number of carbonyl (C=O) groups excluding carboxylic acids is 1. The van der Waals surface area contributed by atoms with Crippen molar-refractivity contribution in [2.75, 3.05) is 69.1 Å². The van der Waals surface area contributed by atoms with Crippen molar-refractivity contribution in [1.29, 1.82) is 0 Å². The van der Waals surface area contributed by atoms with Gasteiger partial charge < -0.3 is 24.4 Å². The summed E-state index contributed by atoms with van der Waals surface area (Å²) < 4.78 is 75.1. The first kappa shape index (κ1) is 36.6. The van der Waals surface area contributed by atoms with Crippen LogP contribution >= 0.6 is 0 Å². The molecular formula is C34H37F2N7O8S. The van der Waals surface area contributed by atoms with E-state index < -0.39 is 33.2 Å². The average molecular weight is 742 g/mol. The van der Waals surface area contributed by atoms with Gasteiger partial charge in [0.25, 0.3) is 21.6 Å². The lowest BCUT2D eigenvalue weighted by atomic mass is 10.2. The number of amides is 1. The molecule has 3 aromatic carbocycles. The summed E-state index contributed by atoms with van der Waals surface area (Å²) in [5.41, 5.74) is 1.94. The minimum absolute atomic E-state index is 0.0354. The Bertz CT molecular complexity index is 2220. The number of carbonyl (C=O) groups is 1. The lowest BCUT2D eigenvalue weighted by molar-refractivity contribution is 0.0330. The number of hydrogen-bond acceptors (Lipinski definition) is 10. The van der Waals surface area contributed by atoms with Gasteiger partial charge in [-0.3, -0.25) is 28.8 Å². The van der Waals surface area contributed by atoms with E-state index in [9.17, 15) is 22.4 Å². The number of nitrogens with one attached hydrogen (secondary N) is 2. The zero-order valence-electron chi connectivity index (χ0n) is 28.3. The van der Waals surface area contributed by atoms with Gasteiger partial charge in [0.15, 0.2) is 17.3 Å². The third-order valence-electron chi connectivity index (χ3n) is 8.44. The fraction of sp³-hybridized carbons (Fsp3) is 0.324. The fourth-order valence-electron chi connectivity index (χ4n) is 5.97. The molecule has 5 aromatic rings. The van der Waals surface area contributed by atoms with Crippen LogP contribution in [0.15, 0.2) is 65.6 Å². The van der Waals surface area contributed by atoms with Crippen LogP contribution in [0.25, 0.3) is 16.6 Å². The molecule has 3 N–H and O–H groups in total. The Kier molecular flexibility index (Phi) is 11.0. The molecule has 0 saturated carbocycles. The van der Waals surface area contributed by atoms with Crippen molar-refractivity contribution < 1.29 is 40.8 Å². The molecule has 2 aliphatic heterocycles. The van der Waals surface area contributed by atoms with Gasteiger partial charge in [0.2, 0.25) is 0 Å². The molecule has 0 aliphatic carbocycles. The molecule has 0 atom stereocenters. The molecule has 0 unspecified atom stereocenters. The number of benzene rings is 3. The second-order valence-electron chi connectivity index (χ2n) is 12.1. The summed E-state index contributed by atoms with van der Waals surface area (Å²) in [6, 6.07) is 13.3. The third kappa shape index (κ3) is 8.65. The highest BCUT2D eigenvalue weighted by molar-refractivity contribution is 7.85. The van der Waals surface area contributed by atoms with E-state index in [1.807, 2.05) is 6.07 Å². The maximum atomic E-state index is 15.6. The van der Waals surface area contributed by atoms with Crippen LogP contribution in [0.1, 0.15) is 16.1 Å². The van der Waals surface area contributed by atoms with E-state index >= 15 is 4.39 Å². The molecule has 0 radical (unpaired) electrons. The molecular weight excluding hydrogens is 704 g/mol. The Hall–Kier alpha value is -5.14. The highest BCUT2D eigenvalue weighted by atomic mass is 32.2. The molecule has 0 spiro atoms. The van der Waals surface area contributed by atoms with Crippen LogP contribution < -0.4 is 20.5 Å². The Balaban J connectivity index is 0.000000870. The highest BCUT2D eigenvalue weighted by Gasteiger charge is 2.27. The molecule has 52 heavy (non-hydrogen) atoms. The number of aromatic amines is 1. The van der Waals surface area contributed by atoms with E-state index in [1.54, 1.807) is 24.0 Å². The minimum Gasteiger partial charge on any atom is -0.452 e. The van der Waals surface area contributed by atoms with Gasteiger partial charge in [0, 0.05) is 56.9 Å². The Morgan fingerprint density at radius 2 is 1.63 bits per heavy atom. The van der Waals surface area contributed by atoms with Crippen molar-refractivity contribution in [3.63, 3.8) is 0 Å². The van der Waals surface area contributed by atoms with Gasteiger partial charge in [-0.1, -0.05) is 0 Å². The van der Waals surface area contributed by atoms with E-state index in [-0.39, 0.29) is 17.0 Å². The Labute approximate surface area is 297 Å². The SMILES string of the molecule is CS(=O)(=O)O.Cn1c(CN2CCOCC2)c(C(=O)Nc2ccc(Oc3cc4cn[nH]c4cc3N3CCOCC3)c(F)c2)c(=O)n1-c1ccc(F)cc1. The van der Waals surface area contributed by atoms with Crippen molar-refractivity contribution >= 4 is 38.3 Å². The van der Waals surface area contributed by atoms with Crippen molar-refractivity contribution in [2.45, 2.75) is 6.54 Å². The van der Waals surface area contributed by atoms with Gasteiger partial charge in [-0.05, 0) is 48.5 Å². The normalized spacial score (nSPS) is 15.3. The minimum atomic E-state index is -3.67. The second-order valence-corrected chi connectivity index (χ2v) is 13.6. The van der Waals surface area contributed by atoms with E-state index in [1.165, 1.54) is 41.1 Å². The van der Waals surface area contributed by atoms with Crippen LogP contribution in [-0.4, -0.2) is 102 Å². The van der Waals surface area contributed by atoms with Crippen molar-refractivity contribution in [1.82, 2.24) is 24.5 Å². The van der Waals surface area contributed by atoms with E-state index in [0.717, 1.165) is 22.7 Å². The Morgan fingerprint density at radius 1 is 0.981 bits per heavy atom. The van der Waals surface area contributed by atoms with Crippen LogP contribution in [0, 0.1) is 11.6 Å². The zero-order chi connectivity index (χ0) is 37.0. The van der Waals surface area contributed by atoms with E-state index in [4.69, 9.17) is 18.8 Å². The van der Waals surface area contributed by atoms with Crippen LogP contribution in [0.3, 0.4) is 0 Å². The van der Waals surface area contributed by atoms with Gasteiger partial charge in [-0.15, -0.1) is 0 Å². The first-order valence-electron chi connectivity index (χ1n) is 16.2. The summed E-state index contributed by atoms with van der Waals surface area (Å²) in [6.45, 7) is 5.06. The smallest absolute Gasteiger partial charge is 0.284 e. The number of ether oxygens (including phenoxy) is 3. The largest absolute Gasteiger partial charge is 0.452 e. The highest BCUT2D eigenvalue weighted by Crippen LogP contribution is 2.37. The van der Waals surface area contributed by atoms with Crippen LogP contribution in [0.2, 0.25) is 0 Å². The van der Waals surface area contributed by atoms with Crippen molar-refractivity contribution in [3.05, 3.63) is 94.0 Å².